The molecule has 0 saturated heterocycles. The van der Waals surface area contributed by atoms with Crippen molar-refractivity contribution in [2.24, 2.45) is 0 Å². The number of amides is 1. The molecule has 1 aliphatic rings. The fourth-order valence-corrected chi connectivity index (χ4v) is 4.04. The summed E-state index contributed by atoms with van der Waals surface area (Å²) in [5.41, 5.74) is 4.31. The molecule has 3 aromatic rings. The normalized spacial score (nSPS) is 18.8. The first kappa shape index (κ1) is 17.0. The summed E-state index contributed by atoms with van der Waals surface area (Å²) in [5.74, 6) is 1.33. The van der Waals surface area contributed by atoms with Gasteiger partial charge in [-0.1, -0.05) is 35.5 Å². The van der Waals surface area contributed by atoms with E-state index in [-0.39, 0.29) is 11.9 Å². The van der Waals surface area contributed by atoms with Crippen LogP contribution in [0.15, 0.2) is 52.2 Å². The lowest BCUT2D eigenvalue weighted by Crippen LogP contribution is -2.43. The maximum Gasteiger partial charge on any atom is 0.236 e. The number of aromatic nitrogens is 3. The molecule has 0 bridgehead atoms. The molecule has 0 radical (unpaired) electrons. The minimum absolute atomic E-state index is 0.106. The first-order valence-electron chi connectivity index (χ1n) is 8.02. The molecule has 2 atom stereocenters. The lowest BCUT2D eigenvalue weighted by molar-refractivity contribution is -0.121. The van der Waals surface area contributed by atoms with E-state index in [4.69, 9.17) is 16.0 Å². The zero-order valence-electron chi connectivity index (χ0n) is 13.8. The van der Waals surface area contributed by atoms with Crippen molar-refractivity contribution < 1.29 is 9.21 Å². The second kappa shape index (κ2) is 7.05. The number of fused-ring (bicyclic) bond motifs is 1. The van der Waals surface area contributed by atoms with Gasteiger partial charge in [0.1, 0.15) is 16.8 Å². The molecule has 0 fully saturated rings. The van der Waals surface area contributed by atoms with E-state index in [2.05, 4.69) is 20.9 Å². The molecular weight excluding hydrogens is 374 g/mol. The van der Waals surface area contributed by atoms with Crippen molar-refractivity contribution in [2.45, 2.75) is 29.9 Å². The lowest BCUT2D eigenvalue weighted by Gasteiger charge is -2.32. The zero-order valence-corrected chi connectivity index (χ0v) is 15.4. The Hall–Kier alpha value is -2.45. The number of halogens is 1. The third kappa shape index (κ3) is 3.30. The molecule has 0 aliphatic carbocycles. The largest absolute Gasteiger partial charge is 0.467 e. The summed E-state index contributed by atoms with van der Waals surface area (Å²) in [4.78, 5) is 12.9. The van der Waals surface area contributed by atoms with E-state index in [1.165, 1.54) is 11.8 Å². The number of hydrogen-bond acceptors (Lipinski definition) is 6. The maximum atomic E-state index is 12.9. The van der Waals surface area contributed by atoms with E-state index in [1.807, 2.05) is 37.3 Å². The van der Waals surface area contributed by atoms with Gasteiger partial charge in [0, 0.05) is 5.02 Å². The number of carbonyl (C=O) groups is 1. The number of carbonyl (C=O) groups excluding carboxylic acids is 1. The van der Waals surface area contributed by atoms with Crippen molar-refractivity contribution in [3.8, 4) is 0 Å². The Morgan fingerprint density at radius 2 is 2.15 bits per heavy atom. The van der Waals surface area contributed by atoms with E-state index >= 15 is 0 Å². The van der Waals surface area contributed by atoms with Crippen LogP contribution >= 0.6 is 23.4 Å². The summed E-state index contributed by atoms with van der Waals surface area (Å²) in [6.45, 7) is 2.20. The van der Waals surface area contributed by atoms with Crippen LogP contribution in [0.25, 0.3) is 0 Å². The Bertz CT molecular complexity index is 910. The first-order chi connectivity index (χ1) is 12.6. The molecule has 0 unspecified atom stereocenters. The Labute approximate surface area is 159 Å². The predicted molar refractivity (Wildman–Crippen MR) is 98.5 cm³/mol. The first-order valence-corrected chi connectivity index (χ1v) is 9.28. The van der Waals surface area contributed by atoms with Crippen molar-refractivity contribution >= 4 is 29.3 Å². The van der Waals surface area contributed by atoms with Crippen LogP contribution in [0, 0.1) is 6.92 Å². The number of thioether (sulfide) groups is 1. The van der Waals surface area contributed by atoms with Crippen LogP contribution < -0.4 is 10.7 Å². The quantitative estimate of drug-likeness (QED) is 0.713. The van der Waals surface area contributed by atoms with Crippen LogP contribution in [0.5, 0.6) is 0 Å². The van der Waals surface area contributed by atoms with E-state index in [9.17, 15) is 4.79 Å². The molecule has 9 heteroatoms. The number of furan rings is 1. The molecule has 26 heavy (non-hydrogen) atoms. The average molecular weight is 390 g/mol. The SMILES string of the molecule is Cc1nnc2n1N[C@@H](c1ccc(Cl)cc1)[C@H](C(=O)NCc1ccco1)S2. The fraction of sp³-hybridized carbons (Fsp3) is 0.235. The molecule has 4 rings (SSSR count). The van der Waals surface area contributed by atoms with Crippen molar-refractivity contribution in [1.29, 1.82) is 0 Å². The number of rotatable bonds is 4. The van der Waals surface area contributed by atoms with Crippen LogP contribution in [0.2, 0.25) is 5.02 Å². The predicted octanol–water partition coefficient (Wildman–Crippen LogP) is 2.91. The van der Waals surface area contributed by atoms with Gasteiger partial charge in [-0.15, -0.1) is 10.2 Å². The Morgan fingerprint density at radius 3 is 2.88 bits per heavy atom. The van der Waals surface area contributed by atoms with Gasteiger partial charge in [0.25, 0.3) is 0 Å². The highest BCUT2D eigenvalue weighted by molar-refractivity contribution is 8.00. The summed E-state index contributed by atoms with van der Waals surface area (Å²) in [5, 5.41) is 12.0. The number of hydrogen-bond donors (Lipinski definition) is 2. The van der Waals surface area contributed by atoms with Crippen LogP contribution in [0.1, 0.15) is 23.2 Å². The molecule has 1 aromatic carbocycles. The summed E-state index contributed by atoms with van der Waals surface area (Å²) in [6, 6.07) is 10.8. The topological polar surface area (TPSA) is 85.0 Å². The fourth-order valence-electron chi connectivity index (χ4n) is 2.77. The summed E-state index contributed by atoms with van der Waals surface area (Å²) < 4.78 is 7.08. The summed E-state index contributed by atoms with van der Waals surface area (Å²) >= 11 is 7.39. The lowest BCUT2D eigenvalue weighted by atomic mass is 10.0. The van der Waals surface area contributed by atoms with Gasteiger partial charge in [-0.25, -0.2) is 4.68 Å². The van der Waals surface area contributed by atoms with Crippen LogP contribution in [0.4, 0.5) is 0 Å². The van der Waals surface area contributed by atoms with Crippen molar-refractivity contribution in [3.63, 3.8) is 0 Å². The number of nitrogens with one attached hydrogen (secondary N) is 2. The highest BCUT2D eigenvalue weighted by Gasteiger charge is 2.37. The second-order valence-corrected chi connectivity index (χ2v) is 7.40. The molecule has 1 amide bonds. The van der Waals surface area contributed by atoms with Crippen molar-refractivity contribution in [1.82, 2.24) is 20.2 Å². The third-order valence-corrected chi connectivity index (χ3v) is 5.57. The third-order valence-electron chi connectivity index (χ3n) is 4.10. The smallest absolute Gasteiger partial charge is 0.236 e. The van der Waals surface area contributed by atoms with E-state index in [1.54, 1.807) is 17.0 Å². The minimum Gasteiger partial charge on any atom is -0.467 e. The number of aryl methyl sites for hydroxylation is 1. The van der Waals surface area contributed by atoms with Crippen LogP contribution in [-0.2, 0) is 11.3 Å². The van der Waals surface area contributed by atoms with E-state index < -0.39 is 5.25 Å². The van der Waals surface area contributed by atoms with Crippen molar-refractivity contribution in [2.75, 3.05) is 5.43 Å². The molecule has 0 spiro atoms. The molecule has 134 valence electrons. The van der Waals surface area contributed by atoms with Crippen LogP contribution in [0.3, 0.4) is 0 Å². The second-order valence-electron chi connectivity index (χ2n) is 5.86. The molecule has 0 saturated carbocycles. The summed E-state index contributed by atoms with van der Waals surface area (Å²) in [7, 11) is 0. The minimum atomic E-state index is -0.415. The molecule has 7 nitrogen and oxygen atoms in total. The number of benzene rings is 1. The molecule has 2 N–H and O–H groups in total. The number of nitrogens with zero attached hydrogens (tertiary/aromatic N) is 3. The molecule has 2 aromatic heterocycles. The monoisotopic (exact) mass is 389 g/mol. The van der Waals surface area contributed by atoms with Gasteiger partial charge in [0.05, 0.1) is 18.8 Å². The van der Waals surface area contributed by atoms with E-state index in [0.29, 0.717) is 22.5 Å². The van der Waals surface area contributed by atoms with Gasteiger partial charge in [-0.3, -0.25) is 4.79 Å². The zero-order chi connectivity index (χ0) is 18.1. The molecular formula is C17H16ClN5O2S. The van der Waals surface area contributed by atoms with E-state index in [0.717, 1.165) is 11.4 Å². The maximum absolute atomic E-state index is 12.9. The van der Waals surface area contributed by atoms with Gasteiger partial charge in [-0.05, 0) is 36.8 Å². The van der Waals surface area contributed by atoms with Crippen molar-refractivity contribution in [3.05, 3.63) is 64.8 Å². The summed E-state index contributed by atoms with van der Waals surface area (Å²) in [6.07, 6.45) is 1.58. The average Bonchev–Trinajstić information content (AvgIpc) is 3.29. The van der Waals surface area contributed by atoms with Crippen LogP contribution in [-0.4, -0.2) is 26.0 Å². The highest BCUT2D eigenvalue weighted by Crippen LogP contribution is 2.37. The Balaban J connectivity index is 1.60. The Morgan fingerprint density at radius 1 is 1.35 bits per heavy atom. The van der Waals surface area contributed by atoms with Gasteiger partial charge in [0.15, 0.2) is 0 Å². The standard InChI is InChI=1S/C17H16ClN5O2S/c1-10-20-21-17-23(10)22-14(11-4-6-12(18)7-5-11)15(26-17)16(24)19-9-13-3-2-8-25-13/h2-8,14-15,22H,9H2,1H3,(H,19,24)/t14-,15+/m0/s1. The van der Waals surface area contributed by atoms with Gasteiger partial charge >= 0.3 is 0 Å². The van der Waals surface area contributed by atoms with Gasteiger partial charge < -0.3 is 15.2 Å². The van der Waals surface area contributed by atoms with Gasteiger partial charge in [0.2, 0.25) is 11.1 Å². The molecule has 1 aliphatic heterocycles. The van der Waals surface area contributed by atoms with Gasteiger partial charge in [-0.2, -0.15) is 0 Å². The highest BCUT2D eigenvalue weighted by atomic mass is 35.5. The molecule has 3 heterocycles. The Kier molecular flexibility index (Phi) is 4.60.